The van der Waals surface area contributed by atoms with E-state index in [1.165, 1.54) is 12.8 Å². The average Bonchev–Trinajstić information content (AvgIpc) is 2.97. The molecule has 4 nitrogen and oxygen atoms in total. The third-order valence-corrected chi connectivity index (χ3v) is 4.00. The van der Waals surface area contributed by atoms with Crippen LogP contribution in [0.4, 0.5) is 0 Å². The number of nitrogens with zero attached hydrogens (tertiary/aromatic N) is 3. The van der Waals surface area contributed by atoms with Gasteiger partial charge in [0.05, 0.1) is 5.69 Å². The molecule has 0 unspecified atom stereocenters. The van der Waals surface area contributed by atoms with Crippen molar-refractivity contribution in [1.82, 2.24) is 14.7 Å². The van der Waals surface area contributed by atoms with Gasteiger partial charge in [0.2, 0.25) is 0 Å². The molecular weight excluding hydrogens is 212 g/mol. The SMILES string of the molecule is CC(C)n1ccc(CN2CC(N)(C3CC3)C2)n1. The predicted octanol–water partition coefficient (Wildman–Crippen LogP) is 1.39. The summed E-state index contributed by atoms with van der Waals surface area (Å²) in [6, 6.07) is 2.56. The van der Waals surface area contributed by atoms with Crippen LogP contribution in [0.15, 0.2) is 12.3 Å². The molecule has 2 fully saturated rings. The van der Waals surface area contributed by atoms with Gasteiger partial charge in [0.25, 0.3) is 0 Å². The molecule has 0 amide bonds. The third kappa shape index (κ3) is 2.11. The highest BCUT2D eigenvalue weighted by molar-refractivity contribution is 5.11. The molecule has 1 aliphatic carbocycles. The zero-order valence-electron chi connectivity index (χ0n) is 10.8. The Hall–Kier alpha value is -0.870. The standard InChI is InChI=1S/C13H22N4/c1-10(2)17-6-5-12(15-17)7-16-8-13(14,9-16)11-3-4-11/h5-6,10-11H,3-4,7-9,14H2,1-2H3. The molecule has 0 aromatic carbocycles. The molecule has 0 radical (unpaired) electrons. The summed E-state index contributed by atoms with van der Waals surface area (Å²) < 4.78 is 2.02. The minimum Gasteiger partial charge on any atom is -0.323 e. The van der Waals surface area contributed by atoms with E-state index in [9.17, 15) is 0 Å². The first-order chi connectivity index (χ1) is 8.07. The lowest BCUT2D eigenvalue weighted by molar-refractivity contribution is 0.0465. The summed E-state index contributed by atoms with van der Waals surface area (Å²) in [4.78, 5) is 2.41. The number of hydrogen-bond donors (Lipinski definition) is 1. The lowest BCUT2D eigenvalue weighted by atomic mass is 9.86. The molecule has 1 aromatic rings. The van der Waals surface area contributed by atoms with Crippen LogP contribution in [0.5, 0.6) is 0 Å². The van der Waals surface area contributed by atoms with Crippen molar-refractivity contribution in [3.8, 4) is 0 Å². The molecule has 1 aromatic heterocycles. The number of aromatic nitrogens is 2. The normalized spacial score (nSPS) is 24.0. The van der Waals surface area contributed by atoms with Crippen LogP contribution in [0.3, 0.4) is 0 Å². The number of rotatable bonds is 4. The molecule has 2 heterocycles. The van der Waals surface area contributed by atoms with Gasteiger partial charge in [-0.05, 0) is 38.7 Å². The monoisotopic (exact) mass is 234 g/mol. The van der Waals surface area contributed by atoms with Gasteiger partial charge in [-0.25, -0.2) is 0 Å². The van der Waals surface area contributed by atoms with Gasteiger partial charge in [0, 0.05) is 37.4 Å². The van der Waals surface area contributed by atoms with Gasteiger partial charge in [-0.15, -0.1) is 0 Å². The first-order valence-electron chi connectivity index (χ1n) is 6.62. The second-order valence-electron chi connectivity index (χ2n) is 6.03. The number of nitrogens with two attached hydrogens (primary N) is 1. The zero-order valence-corrected chi connectivity index (χ0v) is 10.8. The van der Waals surface area contributed by atoms with Crippen LogP contribution in [-0.4, -0.2) is 33.3 Å². The van der Waals surface area contributed by atoms with Crippen molar-refractivity contribution in [2.75, 3.05) is 13.1 Å². The molecule has 94 valence electrons. The molecule has 0 spiro atoms. The summed E-state index contributed by atoms with van der Waals surface area (Å²) in [5, 5.41) is 4.57. The Balaban J connectivity index is 1.54. The van der Waals surface area contributed by atoms with Gasteiger partial charge < -0.3 is 5.73 Å². The van der Waals surface area contributed by atoms with Gasteiger partial charge in [-0.2, -0.15) is 5.10 Å². The fraction of sp³-hybridized carbons (Fsp3) is 0.769. The second-order valence-corrected chi connectivity index (χ2v) is 6.03. The van der Waals surface area contributed by atoms with Crippen LogP contribution >= 0.6 is 0 Å². The van der Waals surface area contributed by atoms with Crippen LogP contribution < -0.4 is 5.73 Å². The minimum atomic E-state index is 0.126. The van der Waals surface area contributed by atoms with Crippen LogP contribution in [-0.2, 0) is 6.54 Å². The quantitative estimate of drug-likeness (QED) is 0.856. The van der Waals surface area contributed by atoms with Crippen LogP contribution in [0.2, 0.25) is 0 Å². The van der Waals surface area contributed by atoms with Crippen molar-refractivity contribution in [1.29, 1.82) is 0 Å². The fourth-order valence-corrected chi connectivity index (χ4v) is 2.79. The molecule has 3 rings (SSSR count). The Morgan fingerprint density at radius 2 is 2.18 bits per heavy atom. The first-order valence-corrected chi connectivity index (χ1v) is 6.62. The summed E-state index contributed by atoms with van der Waals surface area (Å²) in [6.45, 7) is 7.35. The van der Waals surface area contributed by atoms with E-state index in [1.807, 2.05) is 4.68 Å². The van der Waals surface area contributed by atoms with Crippen molar-refractivity contribution < 1.29 is 0 Å². The molecule has 17 heavy (non-hydrogen) atoms. The van der Waals surface area contributed by atoms with E-state index in [-0.39, 0.29) is 5.54 Å². The van der Waals surface area contributed by atoms with Crippen molar-refractivity contribution in [2.45, 2.75) is 44.8 Å². The smallest absolute Gasteiger partial charge is 0.0764 e. The maximum atomic E-state index is 6.34. The molecule has 1 saturated carbocycles. The van der Waals surface area contributed by atoms with E-state index in [0.717, 1.165) is 31.2 Å². The lowest BCUT2D eigenvalue weighted by Gasteiger charge is -2.48. The van der Waals surface area contributed by atoms with E-state index in [2.05, 4.69) is 36.1 Å². The molecule has 2 N–H and O–H groups in total. The highest BCUT2D eigenvalue weighted by Crippen LogP contribution is 2.43. The van der Waals surface area contributed by atoms with Gasteiger partial charge in [-0.3, -0.25) is 9.58 Å². The predicted molar refractivity (Wildman–Crippen MR) is 67.5 cm³/mol. The summed E-state index contributed by atoms with van der Waals surface area (Å²) in [6.07, 6.45) is 4.75. The van der Waals surface area contributed by atoms with Crippen LogP contribution in [0.25, 0.3) is 0 Å². The van der Waals surface area contributed by atoms with Gasteiger partial charge >= 0.3 is 0 Å². The van der Waals surface area contributed by atoms with Crippen molar-refractivity contribution in [3.63, 3.8) is 0 Å². The van der Waals surface area contributed by atoms with Crippen molar-refractivity contribution >= 4 is 0 Å². The van der Waals surface area contributed by atoms with E-state index in [1.54, 1.807) is 0 Å². The molecule has 1 aliphatic heterocycles. The summed E-state index contributed by atoms with van der Waals surface area (Å²) in [5.74, 6) is 0.798. The lowest BCUT2D eigenvalue weighted by Crippen LogP contribution is -2.68. The average molecular weight is 234 g/mol. The maximum absolute atomic E-state index is 6.34. The maximum Gasteiger partial charge on any atom is 0.0764 e. The highest BCUT2D eigenvalue weighted by Gasteiger charge is 2.50. The molecule has 4 heteroatoms. The van der Waals surface area contributed by atoms with Crippen LogP contribution in [0, 0.1) is 5.92 Å². The van der Waals surface area contributed by atoms with Gasteiger partial charge in [0.1, 0.15) is 0 Å². The summed E-state index contributed by atoms with van der Waals surface area (Å²) in [5.41, 5.74) is 7.63. The Morgan fingerprint density at radius 3 is 2.71 bits per heavy atom. The Bertz CT molecular complexity index is 399. The van der Waals surface area contributed by atoms with Gasteiger partial charge in [-0.1, -0.05) is 0 Å². The second kappa shape index (κ2) is 3.82. The number of likely N-dealkylation sites (tertiary alicyclic amines) is 1. The number of hydrogen-bond acceptors (Lipinski definition) is 3. The van der Waals surface area contributed by atoms with Crippen molar-refractivity contribution in [3.05, 3.63) is 18.0 Å². The zero-order chi connectivity index (χ0) is 12.0. The molecule has 0 bridgehead atoms. The Kier molecular flexibility index (Phi) is 2.52. The summed E-state index contributed by atoms with van der Waals surface area (Å²) >= 11 is 0. The van der Waals surface area contributed by atoms with E-state index < -0.39 is 0 Å². The Labute approximate surface area is 103 Å². The fourth-order valence-electron chi connectivity index (χ4n) is 2.79. The van der Waals surface area contributed by atoms with Crippen LogP contribution in [0.1, 0.15) is 38.4 Å². The minimum absolute atomic E-state index is 0.126. The topological polar surface area (TPSA) is 47.1 Å². The van der Waals surface area contributed by atoms with Gasteiger partial charge in [0.15, 0.2) is 0 Å². The van der Waals surface area contributed by atoms with Crippen molar-refractivity contribution in [2.24, 2.45) is 11.7 Å². The van der Waals surface area contributed by atoms with E-state index in [4.69, 9.17) is 5.73 Å². The molecular formula is C13H22N4. The first kappa shape index (κ1) is 11.2. The molecule has 0 atom stereocenters. The molecule has 2 aliphatic rings. The highest BCUT2D eigenvalue weighted by atomic mass is 15.3. The van der Waals surface area contributed by atoms with E-state index >= 15 is 0 Å². The Morgan fingerprint density at radius 1 is 1.47 bits per heavy atom. The van der Waals surface area contributed by atoms with E-state index in [0.29, 0.717) is 6.04 Å². The summed E-state index contributed by atoms with van der Waals surface area (Å²) in [7, 11) is 0. The molecule has 1 saturated heterocycles. The third-order valence-electron chi connectivity index (χ3n) is 4.00. The largest absolute Gasteiger partial charge is 0.323 e.